The minimum atomic E-state index is -1.36. The molecule has 2 aromatic heterocycles. The van der Waals surface area contributed by atoms with Crippen molar-refractivity contribution in [3.8, 4) is 5.13 Å². The zero-order chi connectivity index (χ0) is 18.4. The SMILES string of the molecule is NC1CC[NH+](c2cc3c(cc2F)c(=O)c(C(=O)O)cn3-c2nccs2)C1.[Cl-]. The van der Waals surface area contributed by atoms with Crippen molar-refractivity contribution in [1.82, 2.24) is 9.55 Å². The van der Waals surface area contributed by atoms with Gasteiger partial charge in [0.1, 0.15) is 5.56 Å². The molecule has 0 bridgehead atoms. The van der Waals surface area contributed by atoms with Crippen molar-refractivity contribution in [3.63, 3.8) is 0 Å². The van der Waals surface area contributed by atoms with Crippen LogP contribution in [0.1, 0.15) is 16.8 Å². The van der Waals surface area contributed by atoms with Crippen LogP contribution in [0.2, 0.25) is 0 Å². The van der Waals surface area contributed by atoms with Gasteiger partial charge in [0.2, 0.25) is 5.43 Å². The first-order valence-corrected chi connectivity index (χ1v) is 8.96. The largest absolute Gasteiger partial charge is 1.00 e. The van der Waals surface area contributed by atoms with Gasteiger partial charge in [0.25, 0.3) is 0 Å². The van der Waals surface area contributed by atoms with E-state index in [0.717, 1.165) is 17.4 Å². The molecule has 7 nitrogen and oxygen atoms in total. The number of aromatic nitrogens is 2. The number of hydrogen-bond acceptors (Lipinski definition) is 5. The number of aromatic carboxylic acids is 1. The zero-order valence-electron chi connectivity index (χ0n) is 14.0. The van der Waals surface area contributed by atoms with Gasteiger partial charge in [-0.1, -0.05) is 0 Å². The number of pyridine rings is 1. The van der Waals surface area contributed by atoms with Gasteiger partial charge in [0.05, 0.1) is 30.0 Å². The quantitative estimate of drug-likeness (QED) is 0.444. The Morgan fingerprint density at radius 2 is 2.22 bits per heavy atom. The Labute approximate surface area is 163 Å². The molecule has 1 aliphatic heterocycles. The molecule has 1 aliphatic rings. The second-order valence-corrected chi connectivity index (χ2v) is 7.19. The number of hydrogen-bond donors (Lipinski definition) is 3. The summed E-state index contributed by atoms with van der Waals surface area (Å²) in [5.41, 5.74) is 5.67. The summed E-state index contributed by atoms with van der Waals surface area (Å²) in [7, 11) is 0. The molecule has 2 atom stereocenters. The highest BCUT2D eigenvalue weighted by Crippen LogP contribution is 2.24. The molecule has 0 spiro atoms. The van der Waals surface area contributed by atoms with Crippen LogP contribution in [0.15, 0.2) is 34.7 Å². The van der Waals surface area contributed by atoms with Gasteiger partial charge in [-0.25, -0.2) is 14.2 Å². The number of nitrogens with zero attached hydrogens (tertiary/aromatic N) is 2. The van der Waals surface area contributed by atoms with Gasteiger partial charge in [-0.05, 0) is 6.07 Å². The van der Waals surface area contributed by atoms with Gasteiger partial charge in [-0.3, -0.25) is 14.3 Å². The molecule has 10 heteroatoms. The molecule has 0 aliphatic carbocycles. The summed E-state index contributed by atoms with van der Waals surface area (Å²) in [6.07, 6.45) is 3.63. The smallest absolute Gasteiger partial charge is 0.341 e. The molecule has 1 fully saturated rings. The van der Waals surface area contributed by atoms with Crippen LogP contribution in [0.3, 0.4) is 0 Å². The number of fused-ring (bicyclic) bond motifs is 1. The highest BCUT2D eigenvalue weighted by atomic mass is 35.5. The normalized spacial score (nSPS) is 19.2. The topological polar surface area (TPSA) is 103 Å². The lowest BCUT2D eigenvalue weighted by Crippen LogP contribution is -3.06. The lowest BCUT2D eigenvalue weighted by Gasteiger charge is -2.16. The molecule has 27 heavy (non-hydrogen) atoms. The molecule has 2 unspecified atom stereocenters. The van der Waals surface area contributed by atoms with Gasteiger partial charge >= 0.3 is 5.97 Å². The first-order valence-electron chi connectivity index (χ1n) is 8.08. The average molecular weight is 411 g/mol. The van der Waals surface area contributed by atoms with Gasteiger partial charge in [0, 0.05) is 30.3 Å². The molecule has 1 saturated heterocycles. The zero-order valence-corrected chi connectivity index (χ0v) is 15.6. The molecule has 4 N–H and O–H groups in total. The summed E-state index contributed by atoms with van der Waals surface area (Å²) < 4.78 is 16.2. The van der Waals surface area contributed by atoms with E-state index in [1.165, 1.54) is 22.1 Å². The van der Waals surface area contributed by atoms with Crippen molar-refractivity contribution in [2.75, 3.05) is 13.1 Å². The first kappa shape index (κ1) is 19.4. The van der Waals surface area contributed by atoms with E-state index in [9.17, 15) is 19.1 Å². The number of carbonyl (C=O) groups is 1. The van der Waals surface area contributed by atoms with E-state index in [0.29, 0.717) is 29.4 Å². The number of benzene rings is 1. The van der Waals surface area contributed by atoms with E-state index < -0.39 is 22.8 Å². The third-order valence-electron chi connectivity index (χ3n) is 4.65. The van der Waals surface area contributed by atoms with Crippen LogP contribution in [-0.2, 0) is 0 Å². The van der Waals surface area contributed by atoms with Crippen LogP contribution >= 0.6 is 11.3 Å². The van der Waals surface area contributed by atoms with E-state index in [1.807, 2.05) is 0 Å². The second kappa shape index (κ2) is 7.35. The van der Waals surface area contributed by atoms with Crippen LogP contribution in [-0.4, -0.2) is 39.8 Å². The van der Waals surface area contributed by atoms with Crippen LogP contribution < -0.4 is 28.5 Å². The molecule has 142 valence electrons. The summed E-state index contributed by atoms with van der Waals surface area (Å²) >= 11 is 1.30. The van der Waals surface area contributed by atoms with Crippen molar-refractivity contribution in [1.29, 1.82) is 0 Å². The standard InChI is InChI=1S/C17H15FN4O3S.ClH/c18-12-5-10-13(6-14(12)21-3-1-9(19)7-21)22(17-20-2-4-26-17)8-11(15(10)23)16(24)25;/h2,4-6,8-9H,1,3,7,19H2,(H,24,25);1H. The number of rotatable bonds is 3. The maximum absolute atomic E-state index is 14.7. The van der Waals surface area contributed by atoms with Gasteiger partial charge in [-0.2, -0.15) is 0 Å². The Morgan fingerprint density at radius 3 is 2.81 bits per heavy atom. The van der Waals surface area contributed by atoms with Crippen molar-refractivity contribution < 1.29 is 31.6 Å². The van der Waals surface area contributed by atoms with Crippen LogP contribution in [0, 0.1) is 5.82 Å². The van der Waals surface area contributed by atoms with Crippen LogP contribution in [0.4, 0.5) is 10.1 Å². The molecule has 3 aromatic rings. The third-order valence-corrected chi connectivity index (χ3v) is 5.43. The van der Waals surface area contributed by atoms with Gasteiger partial charge in [0.15, 0.2) is 16.6 Å². The summed E-state index contributed by atoms with van der Waals surface area (Å²) in [5.74, 6) is -1.89. The Hall–Kier alpha value is -2.33. The third kappa shape index (κ3) is 3.34. The second-order valence-electron chi connectivity index (χ2n) is 6.32. The van der Waals surface area contributed by atoms with Crippen molar-refractivity contribution in [2.45, 2.75) is 12.5 Å². The maximum Gasteiger partial charge on any atom is 0.341 e. The molecule has 4 rings (SSSR count). The Kier molecular flexibility index (Phi) is 5.29. The van der Waals surface area contributed by atoms with E-state index in [4.69, 9.17) is 5.73 Å². The Bertz CT molecular complexity index is 1070. The fraction of sp³-hybridized carbons (Fsp3) is 0.235. The fourth-order valence-electron chi connectivity index (χ4n) is 3.39. The number of thiazole rings is 1. The average Bonchev–Trinajstić information content (AvgIpc) is 3.26. The number of nitrogens with two attached hydrogens (primary N) is 1. The lowest BCUT2D eigenvalue weighted by atomic mass is 10.1. The molecular weight excluding hydrogens is 395 g/mol. The lowest BCUT2D eigenvalue weighted by molar-refractivity contribution is -0.819. The monoisotopic (exact) mass is 410 g/mol. The van der Waals surface area contributed by atoms with E-state index >= 15 is 0 Å². The first-order chi connectivity index (χ1) is 12.5. The Balaban J connectivity index is 0.00000210. The minimum Gasteiger partial charge on any atom is -1.00 e. The van der Waals surface area contributed by atoms with Gasteiger partial charge in [-0.15, -0.1) is 11.3 Å². The molecule has 0 saturated carbocycles. The molecule has 3 heterocycles. The van der Waals surface area contributed by atoms with Gasteiger partial charge < -0.3 is 23.2 Å². The summed E-state index contributed by atoms with van der Waals surface area (Å²) in [5, 5.41) is 11.6. The van der Waals surface area contributed by atoms with E-state index in [1.54, 1.807) is 17.6 Å². The predicted octanol–water partition coefficient (Wildman–Crippen LogP) is -2.46. The number of quaternary nitrogens is 1. The number of carboxylic acid groups (broad SMARTS) is 1. The highest BCUT2D eigenvalue weighted by molar-refractivity contribution is 7.12. The molecule has 0 radical (unpaired) electrons. The predicted molar refractivity (Wildman–Crippen MR) is 95.1 cm³/mol. The van der Waals surface area contributed by atoms with E-state index in [-0.39, 0.29) is 23.8 Å². The highest BCUT2D eigenvalue weighted by Gasteiger charge is 2.29. The molecule has 1 aromatic carbocycles. The van der Waals surface area contributed by atoms with Crippen molar-refractivity contribution in [3.05, 3.63) is 51.5 Å². The van der Waals surface area contributed by atoms with Crippen molar-refractivity contribution in [2.24, 2.45) is 5.73 Å². The maximum atomic E-state index is 14.7. The fourth-order valence-corrected chi connectivity index (χ4v) is 4.02. The van der Waals surface area contributed by atoms with E-state index in [2.05, 4.69) is 4.98 Å². The van der Waals surface area contributed by atoms with Crippen LogP contribution in [0.5, 0.6) is 0 Å². The number of halogens is 2. The van der Waals surface area contributed by atoms with Crippen LogP contribution in [0.25, 0.3) is 16.0 Å². The van der Waals surface area contributed by atoms with Crippen molar-refractivity contribution >= 4 is 33.9 Å². The number of nitrogens with one attached hydrogen (secondary N) is 1. The molecular formula is C17H16ClFN4O3S. The minimum absolute atomic E-state index is 0. The number of carboxylic acids is 1. The summed E-state index contributed by atoms with van der Waals surface area (Å²) in [6.45, 7) is 1.31. The summed E-state index contributed by atoms with van der Waals surface area (Å²) in [4.78, 5) is 29.1. The summed E-state index contributed by atoms with van der Waals surface area (Å²) in [6, 6.07) is 2.74. The molecule has 0 amide bonds. The Morgan fingerprint density at radius 1 is 1.44 bits per heavy atom.